The Morgan fingerprint density at radius 3 is 1.96 bits per heavy atom. The molecule has 3 unspecified atom stereocenters. The number of aliphatic carboxylic acids is 2. The molecule has 1 saturated heterocycles. The molecule has 3 atom stereocenters. The molecular formula is C35H38Cl3N3O7. The van der Waals surface area contributed by atoms with Gasteiger partial charge in [-0.1, -0.05) is 59.6 Å². The van der Waals surface area contributed by atoms with Gasteiger partial charge in [-0.3, -0.25) is 14.5 Å². The highest BCUT2D eigenvalue weighted by atomic mass is 35.5. The maximum atomic E-state index is 13.9. The minimum absolute atomic E-state index is 0. The maximum Gasteiger partial charge on any atom is 0.334 e. The van der Waals surface area contributed by atoms with Crippen LogP contribution in [-0.4, -0.2) is 98.5 Å². The summed E-state index contributed by atoms with van der Waals surface area (Å²) < 4.78 is 0. The number of piperazine rings is 1. The summed E-state index contributed by atoms with van der Waals surface area (Å²) >= 11 is 13.0. The molecule has 0 radical (unpaired) electrons. The van der Waals surface area contributed by atoms with Crippen molar-refractivity contribution in [2.24, 2.45) is 11.8 Å². The van der Waals surface area contributed by atoms with Crippen LogP contribution in [0.3, 0.4) is 0 Å². The summed E-state index contributed by atoms with van der Waals surface area (Å²) in [6, 6.07) is 13.4. The number of aliphatic hydroxyl groups is 1. The van der Waals surface area contributed by atoms with Crippen LogP contribution in [-0.2, 0) is 14.4 Å². The van der Waals surface area contributed by atoms with E-state index in [0.717, 1.165) is 25.7 Å². The number of carbonyl (C=O) groups is 4. The highest BCUT2D eigenvalue weighted by Crippen LogP contribution is 2.47. The molecule has 3 N–H and O–H groups in total. The molecule has 4 aliphatic rings. The first kappa shape index (κ1) is 35.9. The van der Waals surface area contributed by atoms with Crippen molar-refractivity contribution >= 4 is 59.2 Å². The number of hydrogen-bond acceptors (Lipinski definition) is 7. The molecule has 2 aromatic rings. The predicted octanol–water partition coefficient (Wildman–Crippen LogP) is 5.09. The Bertz CT molecular complexity index is 1610. The van der Waals surface area contributed by atoms with Crippen LogP contribution >= 0.6 is 35.6 Å². The van der Waals surface area contributed by atoms with Gasteiger partial charge in [0.1, 0.15) is 0 Å². The van der Waals surface area contributed by atoms with Crippen molar-refractivity contribution in [3.8, 4) is 0 Å². The number of carboxylic acids is 2. The van der Waals surface area contributed by atoms with Gasteiger partial charge in [0.15, 0.2) is 5.78 Å². The lowest BCUT2D eigenvalue weighted by Crippen LogP contribution is -2.52. The molecule has 0 aromatic heterocycles. The molecule has 2 saturated carbocycles. The number of aliphatic hydroxyl groups excluding tert-OH is 1. The summed E-state index contributed by atoms with van der Waals surface area (Å²) in [4.78, 5) is 58.4. The van der Waals surface area contributed by atoms with Crippen molar-refractivity contribution < 1.29 is 34.5 Å². The van der Waals surface area contributed by atoms with E-state index >= 15 is 0 Å². The van der Waals surface area contributed by atoms with Crippen LogP contribution in [0.4, 0.5) is 0 Å². The lowest BCUT2D eigenvalue weighted by molar-refractivity contribution is -0.133. The molecule has 2 aromatic carbocycles. The van der Waals surface area contributed by atoms with E-state index in [9.17, 15) is 34.5 Å². The van der Waals surface area contributed by atoms with Gasteiger partial charge in [0, 0.05) is 65.3 Å². The third-order valence-electron chi connectivity index (χ3n) is 10.2. The average molecular weight is 719 g/mol. The number of nitrogens with zero attached hydrogens (tertiary/aromatic N) is 3. The predicted molar refractivity (Wildman–Crippen MR) is 182 cm³/mol. The van der Waals surface area contributed by atoms with Gasteiger partial charge in [-0.25, -0.2) is 9.59 Å². The van der Waals surface area contributed by atoms with Crippen LogP contribution in [0.15, 0.2) is 71.6 Å². The summed E-state index contributed by atoms with van der Waals surface area (Å²) in [7, 11) is 0. The van der Waals surface area contributed by atoms with Crippen LogP contribution in [0, 0.1) is 11.8 Å². The molecule has 13 heteroatoms. The van der Waals surface area contributed by atoms with Gasteiger partial charge in [-0.15, -0.1) is 12.4 Å². The van der Waals surface area contributed by atoms with E-state index in [1.54, 1.807) is 41.3 Å². The second-order valence-electron chi connectivity index (χ2n) is 12.9. The maximum absolute atomic E-state index is 13.9. The van der Waals surface area contributed by atoms with E-state index in [1.165, 1.54) is 23.2 Å². The van der Waals surface area contributed by atoms with Crippen LogP contribution in [0.5, 0.6) is 0 Å². The molecule has 0 spiro atoms. The summed E-state index contributed by atoms with van der Waals surface area (Å²) in [5.74, 6) is -3.84. The molecule has 0 bridgehead atoms. The van der Waals surface area contributed by atoms with Crippen molar-refractivity contribution in [3.63, 3.8) is 0 Å². The molecule has 10 nitrogen and oxygen atoms in total. The number of halogens is 3. The Morgan fingerprint density at radius 2 is 1.40 bits per heavy atom. The van der Waals surface area contributed by atoms with Crippen LogP contribution in [0.2, 0.25) is 10.0 Å². The summed E-state index contributed by atoms with van der Waals surface area (Å²) in [6.07, 6.45) is 4.51. The number of carboxylic acid groups (broad SMARTS) is 2. The SMILES string of the molecule is Cl.O=C(O)C1=CN(CC(=O)c2ccccc2)C(CC(=O)N2CCN(C3CC4CC(O)CC4C3)CC2)=C(C(=O)O)C1c1c(Cl)cccc1Cl. The fourth-order valence-corrected chi connectivity index (χ4v) is 8.57. The Hall–Kier alpha value is -3.41. The van der Waals surface area contributed by atoms with Gasteiger partial charge in [0.05, 0.1) is 36.1 Å². The molecule has 6 rings (SSSR count). The first-order valence-corrected chi connectivity index (χ1v) is 16.7. The minimum atomic E-state index is -1.44. The van der Waals surface area contributed by atoms with E-state index in [0.29, 0.717) is 49.6 Å². The number of fused-ring (bicyclic) bond motifs is 1. The Labute approximate surface area is 295 Å². The van der Waals surface area contributed by atoms with Crippen LogP contribution < -0.4 is 0 Å². The number of benzene rings is 2. The zero-order valence-corrected chi connectivity index (χ0v) is 28.5. The van der Waals surface area contributed by atoms with Gasteiger partial charge in [-0.2, -0.15) is 0 Å². The third kappa shape index (κ3) is 7.28. The zero-order valence-electron chi connectivity index (χ0n) is 26.1. The van der Waals surface area contributed by atoms with E-state index < -0.39 is 17.9 Å². The molecule has 48 heavy (non-hydrogen) atoms. The van der Waals surface area contributed by atoms with Gasteiger partial charge >= 0.3 is 11.9 Å². The monoisotopic (exact) mass is 717 g/mol. The van der Waals surface area contributed by atoms with Crippen molar-refractivity contribution in [1.82, 2.24) is 14.7 Å². The molecule has 2 aliphatic heterocycles. The quantitative estimate of drug-likeness (QED) is 0.303. The van der Waals surface area contributed by atoms with Crippen molar-refractivity contribution in [1.29, 1.82) is 0 Å². The minimum Gasteiger partial charge on any atom is -0.478 e. The number of Topliss-reactive ketones (excluding diaryl/α,β-unsaturated/α-hetero) is 1. The molecule has 1 amide bonds. The van der Waals surface area contributed by atoms with E-state index in [1.807, 2.05) is 0 Å². The smallest absolute Gasteiger partial charge is 0.334 e. The molecule has 256 valence electrons. The average Bonchev–Trinajstić information content (AvgIpc) is 3.59. The number of carbonyl (C=O) groups excluding carboxylic acids is 2. The van der Waals surface area contributed by atoms with Crippen LogP contribution in [0.25, 0.3) is 0 Å². The topological polar surface area (TPSA) is 139 Å². The lowest BCUT2D eigenvalue weighted by Gasteiger charge is -2.39. The standard InChI is InChI=1S/C35H37Cl2N3O7.ClH/c36-26-7-4-8-27(37)32(26)31-25(34(44)45)18-40(19-29(42)20-5-2-1-3-6-20)28(33(31)35(46)47)17-30(43)39-11-9-38(10-12-39)23-13-21-15-24(41)16-22(21)14-23;/h1-8,18,21-24,31,41H,9-17,19H2,(H,44,45)(H,46,47);1H. The molecule has 2 aliphatic carbocycles. The third-order valence-corrected chi connectivity index (χ3v) is 10.9. The van der Waals surface area contributed by atoms with Crippen molar-refractivity contribution in [2.45, 2.75) is 50.2 Å². The highest BCUT2D eigenvalue weighted by molar-refractivity contribution is 6.36. The van der Waals surface area contributed by atoms with Crippen molar-refractivity contribution in [2.75, 3.05) is 32.7 Å². The van der Waals surface area contributed by atoms with Gasteiger partial charge in [-0.05, 0) is 49.7 Å². The lowest BCUT2D eigenvalue weighted by atomic mass is 9.80. The second kappa shape index (κ2) is 15.0. The van der Waals surface area contributed by atoms with Crippen LogP contribution in [0.1, 0.15) is 53.9 Å². The summed E-state index contributed by atoms with van der Waals surface area (Å²) in [5.41, 5.74) is -0.228. The second-order valence-corrected chi connectivity index (χ2v) is 13.7. The van der Waals surface area contributed by atoms with Gasteiger partial charge < -0.3 is 25.1 Å². The Balaban J connectivity index is 0.00000451. The summed E-state index contributed by atoms with van der Waals surface area (Å²) in [5, 5.41) is 31.1. The zero-order chi connectivity index (χ0) is 33.4. The number of amides is 1. The Kier molecular flexibility index (Phi) is 11.2. The molecular weight excluding hydrogens is 681 g/mol. The first-order chi connectivity index (χ1) is 22.5. The molecule has 2 heterocycles. The number of hydrogen-bond donors (Lipinski definition) is 3. The fourth-order valence-electron chi connectivity index (χ4n) is 7.96. The van der Waals surface area contributed by atoms with Gasteiger partial charge in [0.2, 0.25) is 5.91 Å². The Morgan fingerprint density at radius 1 is 0.792 bits per heavy atom. The van der Waals surface area contributed by atoms with E-state index in [2.05, 4.69) is 4.90 Å². The molecule has 3 fully saturated rings. The van der Waals surface area contributed by atoms with Crippen molar-refractivity contribution in [3.05, 3.63) is 92.7 Å². The largest absolute Gasteiger partial charge is 0.478 e. The fraction of sp³-hybridized carbons (Fsp3) is 0.429. The normalized spacial score (nSPS) is 25.7. The van der Waals surface area contributed by atoms with E-state index in [-0.39, 0.29) is 75.6 Å². The number of rotatable bonds is 9. The first-order valence-electron chi connectivity index (χ1n) is 15.9. The van der Waals surface area contributed by atoms with E-state index in [4.69, 9.17) is 23.2 Å². The number of ketones is 1. The highest BCUT2D eigenvalue weighted by Gasteiger charge is 2.44. The van der Waals surface area contributed by atoms with Gasteiger partial charge in [0.25, 0.3) is 0 Å². The summed E-state index contributed by atoms with van der Waals surface area (Å²) in [6.45, 7) is 1.90.